The molecule has 5 heteroatoms. The number of likely N-dealkylation sites (tertiary alicyclic amines) is 1. The second-order valence-corrected chi connectivity index (χ2v) is 5.99. The maximum atomic E-state index is 11.6. The minimum atomic E-state index is -0.819. The maximum Gasteiger partial charge on any atom is 0.317 e. The van der Waals surface area contributed by atoms with Gasteiger partial charge in [0.05, 0.1) is 19.6 Å². The standard InChI is InChI=1S/C13H23NO4/c1-13(2,3)10-7-9(12(17)18-4)5-6-14(10)8-11(15)16/h9-10H,5-8H2,1-4H3,(H,15,16). The van der Waals surface area contributed by atoms with Crippen molar-refractivity contribution in [2.45, 2.75) is 39.7 Å². The second kappa shape index (κ2) is 5.69. The number of hydrogen-bond donors (Lipinski definition) is 1. The van der Waals surface area contributed by atoms with Gasteiger partial charge in [0.15, 0.2) is 0 Å². The lowest BCUT2D eigenvalue weighted by molar-refractivity contribution is -0.149. The molecule has 1 rings (SSSR count). The fraction of sp³-hybridized carbons (Fsp3) is 0.846. The third-order valence-electron chi connectivity index (χ3n) is 3.59. The third kappa shape index (κ3) is 3.70. The lowest BCUT2D eigenvalue weighted by Gasteiger charge is -2.44. The van der Waals surface area contributed by atoms with E-state index in [9.17, 15) is 9.59 Å². The summed E-state index contributed by atoms with van der Waals surface area (Å²) in [5, 5.41) is 8.94. The molecule has 104 valence electrons. The first kappa shape index (κ1) is 15.0. The normalized spacial score (nSPS) is 25.8. The summed E-state index contributed by atoms with van der Waals surface area (Å²) in [4.78, 5) is 24.4. The molecule has 5 nitrogen and oxygen atoms in total. The first-order chi connectivity index (χ1) is 8.25. The van der Waals surface area contributed by atoms with Crippen molar-refractivity contribution in [2.24, 2.45) is 11.3 Å². The van der Waals surface area contributed by atoms with Crippen LogP contribution in [0.3, 0.4) is 0 Å². The molecule has 0 aromatic rings. The Morgan fingerprint density at radius 1 is 1.39 bits per heavy atom. The van der Waals surface area contributed by atoms with Crippen LogP contribution in [0.15, 0.2) is 0 Å². The number of carbonyl (C=O) groups is 2. The minimum absolute atomic E-state index is 0.0375. The lowest BCUT2D eigenvalue weighted by Crippen LogP contribution is -2.52. The lowest BCUT2D eigenvalue weighted by atomic mass is 9.77. The molecule has 0 aromatic heterocycles. The van der Waals surface area contributed by atoms with Crippen molar-refractivity contribution >= 4 is 11.9 Å². The Labute approximate surface area is 108 Å². The molecule has 0 bridgehead atoms. The van der Waals surface area contributed by atoms with E-state index in [0.29, 0.717) is 19.4 Å². The smallest absolute Gasteiger partial charge is 0.317 e. The van der Waals surface area contributed by atoms with Crippen LogP contribution in [0.5, 0.6) is 0 Å². The Balaban J connectivity index is 2.79. The Morgan fingerprint density at radius 3 is 2.44 bits per heavy atom. The summed E-state index contributed by atoms with van der Waals surface area (Å²) >= 11 is 0. The first-order valence-electron chi connectivity index (χ1n) is 6.29. The van der Waals surface area contributed by atoms with Crippen molar-refractivity contribution in [3.8, 4) is 0 Å². The molecule has 1 aliphatic heterocycles. The highest BCUT2D eigenvalue weighted by atomic mass is 16.5. The van der Waals surface area contributed by atoms with Crippen LogP contribution >= 0.6 is 0 Å². The predicted molar refractivity (Wildman–Crippen MR) is 67.2 cm³/mol. The molecule has 0 radical (unpaired) electrons. The van der Waals surface area contributed by atoms with Gasteiger partial charge in [0, 0.05) is 6.04 Å². The van der Waals surface area contributed by atoms with E-state index in [1.54, 1.807) is 0 Å². The summed E-state index contributed by atoms with van der Waals surface area (Å²) in [7, 11) is 1.40. The fourth-order valence-electron chi connectivity index (χ4n) is 2.66. The predicted octanol–water partition coefficient (Wildman–Crippen LogP) is 1.37. The molecule has 0 spiro atoms. The molecule has 0 aromatic carbocycles. The molecule has 18 heavy (non-hydrogen) atoms. The van der Waals surface area contributed by atoms with Crippen LogP contribution < -0.4 is 0 Å². The van der Waals surface area contributed by atoms with Crippen LogP contribution in [0.2, 0.25) is 0 Å². The van der Waals surface area contributed by atoms with E-state index in [1.807, 2.05) is 4.90 Å². The average Bonchev–Trinajstić information content (AvgIpc) is 2.26. The van der Waals surface area contributed by atoms with E-state index in [4.69, 9.17) is 9.84 Å². The first-order valence-corrected chi connectivity index (χ1v) is 6.29. The number of hydrogen-bond acceptors (Lipinski definition) is 4. The highest BCUT2D eigenvalue weighted by molar-refractivity contribution is 5.72. The Bertz CT molecular complexity index is 321. The molecular weight excluding hydrogens is 234 g/mol. The van der Waals surface area contributed by atoms with Crippen LogP contribution in [0.25, 0.3) is 0 Å². The number of carboxylic acids is 1. The van der Waals surface area contributed by atoms with Crippen molar-refractivity contribution in [3.63, 3.8) is 0 Å². The molecule has 1 heterocycles. The number of nitrogens with zero attached hydrogens (tertiary/aromatic N) is 1. The van der Waals surface area contributed by atoms with Crippen molar-refractivity contribution < 1.29 is 19.4 Å². The summed E-state index contributed by atoms with van der Waals surface area (Å²) in [6.45, 7) is 6.90. The summed E-state index contributed by atoms with van der Waals surface area (Å²) in [6.07, 6.45) is 1.34. The van der Waals surface area contributed by atoms with Gasteiger partial charge in [0.2, 0.25) is 0 Å². The van der Waals surface area contributed by atoms with Gasteiger partial charge in [0.25, 0.3) is 0 Å². The summed E-state index contributed by atoms with van der Waals surface area (Å²) in [6, 6.07) is 0.0893. The highest BCUT2D eigenvalue weighted by Gasteiger charge is 2.39. The average molecular weight is 257 g/mol. The van der Waals surface area contributed by atoms with Gasteiger partial charge < -0.3 is 9.84 Å². The molecule has 0 saturated carbocycles. The topological polar surface area (TPSA) is 66.8 Å². The zero-order valence-corrected chi connectivity index (χ0v) is 11.6. The number of carboxylic acid groups (broad SMARTS) is 1. The van der Waals surface area contributed by atoms with Crippen LogP contribution in [0.4, 0.5) is 0 Å². The quantitative estimate of drug-likeness (QED) is 0.773. The van der Waals surface area contributed by atoms with E-state index in [-0.39, 0.29) is 29.9 Å². The molecule has 0 amide bonds. The molecule has 1 N–H and O–H groups in total. The molecular formula is C13H23NO4. The van der Waals surface area contributed by atoms with Gasteiger partial charge in [-0.1, -0.05) is 20.8 Å². The Kier molecular flexibility index (Phi) is 4.73. The SMILES string of the molecule is COC(=O)C1CCN(CC(=O)O)C(C(C)(C)C)C1. The number of carbonyl (C=O) groups excluding carboxylic acids is 1. The van der Waals surface area contributed by atoms with Gasteiger partial charge >= 0.3 is 11.9 Å². The van der Waals surface area contributed by atoms with Gasteiger partial charge in [-0.25, -0.2) is 0 Å². The van der Waals surface area contributed by atoms with E-state index in [2.05, 4.69) is 20.8 Å². The van der Waals surface area contributed by atoms with Crippen LogP contribution in [-0.4, -0.2) is 48.2 Å². The van der Waals surface area contributed by atoms with Crippen LogP contribution in [0.1, 0.15) is 33.6 Å². The maximum absolute atomic E-state index is 11.6. The molecule has 1 aliphatic rings. The summed E-state index contributed by atoms with van der Waals surface area (Å²) in [5.41, 5.74) is -0.0534. The van der Waals surface area contributed by atoms with Gasteiger partial charge in [-0.05, 0) is 24.8 Å². The molecule has 0 aliphatic carbocycles. The molecule has 2 atom stereocenters. The largest absolute Gasteiger partial charge is 0.480 e. The van der Waals surface area contributed by atoms with Gasteiger partial charge in [-0.15, -0.1) is 0 Å². The van der Waals surface area contributed by atoms with Crippen molar-refractivity contribution in [1.82, 2.24) is 4.90 Å². The van der Waals surface area contributed by atoms with Gasteiger partial charge in [-0.2, -0.15) is 0 Å². The summed E-state index contributed by atoms with van der Waals surface area (Å²) in [5.74, 6) is -1.11. The molecule has 1 fully saturated rings. The second-order valence-electron chi connectivity index (χ2n) is 5.99. The van der Waals surface area contributed by atoms with E-state index in [1.165, 1.54) is 7.11 Å². The van der Waals surface area contributed by atoms with Gasteiger partial charge in [0.1, 0.15) is 0 Å². The summed E-state index contributed by atoms with van der Waals surface area (Å²) < 4.78 is 4.79. The number of aliphatic carboxylic acids is 1. The highest BCUT2D eigenvalue weighted by Crippen LogP contribution is 2.34. The molecule has 2 unspecified atom stereocenters. The van der Waals surface area contributed by atoms with Crippen molar-refractivity contribution in [3.05, 3.63) is 0 Å². The van der Waals surface area contributed by atoms with E-state index < -0.39 is 5.97 Å². The monoisotopic (exact) mass is 257 g/mol. The number of piperidine rings is 1. The minimum Gasteiger partial charge on any atom is -0.480 e. The van der Waals surface area contributed by atoms with Crippen molar-refractivity contribution in [1.29, 1.82) is 0 Å². The molecule has 1 saturated heterocycles. The van der Waals surface area contributed by atoms with Crippen LogP contribution in [0, 0.1) is 11.3 Å². The number of esters is 1. The zero-order valence-electron chi connectivity index (χ0n) is 11.6. The number of ether oxygens (including phenoxy) is 1. The Morgan fingerprint density at radius 2 is 2.00 bits per heavy atom. The van der Waals surface area contributed by atoms with Crippen molar-refractivity contribution in [2.75, 3.05) is 20.2 Å². The van der Waals surface area contributed by atoms with E-state index >= 15 is 0 Å². The van der Waals surface area contributed by atoms with Gasteiger partial charge in [-0.3, -0.25) is 14.5 Å². The number of methoxy groups -OCH3 is 1. The van der Waals surface area contributed by atoms with Crippen LogP contribution in [-0.2, 0) is 14.3 Å². The Hall–Kier alpha value is -1.10. The third-order valence-corrected chi connectivity index (χ3v) is 3.59. The zero-order chi connectivity index (χ0) is 13.9. The fourth-order valence-corrected chi connectivity index (χ4v) is 2.66. The van der Waals surface area contributed by atoms with E-state index in [0.717, 1.165) is 0 Å². The number of rotatable bonds is 3.